The maximum Gasteiger partial charge on any atom is 0.326 e. The van der Waals surface area contributed by atoms with Crippen LogP contribution in [-0.2, 0) is 91.2 Å². The molecular weight excluding hydrogens is 1700 g/mol. The minimum absolute atomic E-state index is 0.0215. The third-order valence-electron chi connectivity index (χ3n) is 21.0. The van der Waals surface area contributed by atoms with Crippen LogP contribution in [0.5, 0.6) is 5.75 Å². The summed E-state index contributed by atoms with van der Waals surface area (Å²) in [5.41, 5.74) is 36.1. The number of aliphatic hydroxyl groups is 1. The SMILES string of the molecule is CC(C)C[C@H](NC(=O)[C@H](CO)NC(=O)[C@H](Cc1ccccc1)NC(=O)[C@H](CC(C)C)NC(=O)[C@H](CC(C)C)NC(=O)[C@H](CCC(=O)O)NC(=O)[C@H](CCCCN)NC(=O)[C@H](Cc1ccccc1)NC(=O)[C@H](CC(C)C)NC(=O)[C@H](CCCNC(=N)N)NC(=O)[C@@H](N)CCCCN)C(=O)N[C@@H](CCCNC(=N)N)C(=O)N[C@@H](CCCCN)C(=O)N[C@@H](Cc1ccc(O)cc1)C(=O)O. The van der Waals surface area contributed by atoms with Crippen LogP contribution in [0.4, 0.5) is 0 Å². The van der Waals surface area contributed by atoms with Gasteiger partial charge in [-0.3, -0.25) is 77.9 Å². The zero-order valence-electron chi connectivity index (χ0n) is 76.7. The van der Waals surface area contributed by atoms with E-state index >= 15 is 0 Å². The van der Waals surface area contributed by atoms with E-state index in [-0.39, 0.29) is 158 Å². The highest BCUT2D eigenvalue weighted by atomic mass is 16.4. The van der Waals surface area contributed by atoms with Gasteiger partial charge in [-0.05, 0) is 181 Å². The monoisotopic (exact) mass is 1840 g/mol. The van der Waals surface area contributed by atoms with Gasteiger partial charge in [-0.1, -0.05) is 135 Å². The molecular formula is C89H145N23O19. The molecule has 33 N–H and O–H groups in total. The summed E-state index contributed by atoms with van der Waals surface area (Å²) in [6.45, 7) is 13.8. The van der Waals surface area contributed by atoms with Gasteiger partial charge in [0.15, 0.2) is 11.9 Å². The first kappa shape index (κ1) is 113. The summed E-state index contributed by atoms with van der Waals surface area (Å²) in [6, 6.07) is 2.07. The van der Waals surface area contributed by atoms with Crippen molar-refractivity contribution in [2.45, 2.75) is 281 Å². The zero-order valence-corrected chi connectivity index (χ0v) is 76.7. The van der Waals surface area contributed by atoms with Crippen molar-refractivity contribution in [3.63, 3.8) is 0 Å². The second kappa shape index (κ2) is 61.4. The van der Waals surface area contributed by atoms with Crippen LogP contribution in [0.15, 0.2) is 84.9 Å². The zero-order chi connectivity index (χ0) is 97.8. The number of aromatic hydroxyl groups is 1. The van der Waals surface area contributed by atoms with E-state index in [4.69, 9.17) is 45.2 Å². The molecule has 42 nitrogen and oxygen atoms in total. The van der Waals surface area contributed by atoms with Crippen molar-refractivity contribution in [2.24, 2.45) is 58.1 Å². The van der Waals surface area contributed by atoms with Gasteiger partial charge >= 0.3 is 11.9 Å². The summed E-state index contributed by atoms with van der Waals surface area (Å²) in [6.07, 6.45) is 0.626. The van der Waals surface area contributed by atoms with E-state index < -0.39 is 199 Å². The summed E-state index contributed by atoms with van der Waals surface area (Å²) >= 11 is 0. The Hall–Kier alpha value is -12.1. The van der Waals surface area contributed by atoms with Crippen molar-refractivity contribution in [3.05, 3.63) is 102 Å². The van der Waals surface area contributed by atoms with Gasteiger partial charge < -0.3 is 135 Å². The molecule has 0 spiro atoms. The Morgan fingerprint density at radius 3 is 0.870 bits per heavy atom. The van der Waals surface area contributed by atoms with E-state index in [2.05, 4.69) is 79.8 Å². The number of benzene rings is 3. The lowest BCUT2D eigenvalue weighted by atomic mass is 9.98. The molecule has 0 aromatic heterocycles. The fourth-order valence-corrected chi connectivity index (χ4v) is 14.0. The number of carboxylic acids is 2. The highest BCUT2D eigenvalue weighted by Crippen LogP contribution is 2.19. The van der Waals surface area contributed by atoms with E-state index in [1.165, 1.54) is 24.3 Å². The summed E-state index contributed by atoms with van der Waals surface area (Å²) in [4.78, 5) is 214. The number of carbonyl (C=O) groups is 15. The van der Waals surface area contributed by atoms with E-state index in [0.717, 1.165) is 0 Å². The Balaban J connectivity index is 2.01. The molecule has 131 heavy (non-hydrogen) atoms. The van der Waals surface area contributed by atoms with Gasteiger partial charge in [0.2, 0.25) is 76.8 Å². The van der Waals surface area contributed by atoms with Gasteiger partial charge in [-0.15, -0.1) is 0 Å². The largest absolute Gasteiger partial charge is 0.508 e. The van der Waals surface area contributed by atoms with Crippen LogP contribution >= 0.6 is 0 Å². The molecule has 42 heteroatoms. The molecule has 730 valence electrons. The number of nitrogens with two attached hydrogens (primary N) is 6. The molecule has 14 atom stereocenters. The number of nitrogens with one attached hydrogen (secondary N) is 17. The summed E-state index contributed by atoms with van der Waals surface area (Å²) in [5.74, 6) is -16.7. The summed E-state index contributed by atoms with van der Waals surface area (Å²) < 4.78 is 0. The number of guanidine groups is 2. The maximum absolute atomic E-state index is 14.9. The van der Waals surface area contributed by atoms with Crippen molar-refractivity contribution in [3.8, 4) is 5.75 Å². The van der Waals surface area contributed by atoms with Crippen LogP contribution in [0, 0.1) is 34.5 Å². The van der Waals surface area contributed by atoms with Crippen molar-refractivity contribution in [1.82, 2.24) is 79.8 Å². The predicted molar refractivity (Wildman–Crippen MR) is 492 cm³/mol. The van der Waals surface area contributed by atoms with E-state index in [1.807, 2.05) is 0 Å². The van der Waals surface area contributed by atoms with E-state index in [9.17, 15) is 92.3 Å². The van der Waals surface area contributed by atoms with Crippen molar-refractivity contribution >= 4 is 101 Å². The van der Waals surface area contributed by atoms with Gasteiger partial charge in [0.1, 0.15) is 84.3 Å². The molecule has 0 radical (unpaired) electrons. The average Bonchev–Trinajstić information content (AvgIpc) is 0.874. The van der Waals surface area contributed by atoms with Gasteiger partial charge in [-0.2, -0.15) is 0 Å². The first-order valence-electron chi connectivity index (χ1n) is 45.0. The Bertz CT molecular complexity index is 4130. The molecule has 0 aliphatic heterocycles. The minimum atomic E-state index is -1.83. The minimum Gasteiger partial charge on any atom is -0.508 e. The molecule has 0 bridgehead atoms. The third-order valence-corrected chi connectivity index (χ3v) is 21.0. The number of carboxylic acid groups (broad SMARTS) is 2. The standard InChI is InChI=1S/C89H145N23O19/c1-51(2)43-65(80(123)103-63(31-22-42-99-89(96)97)76(119)101-61(29-17-20-40-92)78(121)111-71(87(130)131)49-57-32-34-58(114)35-33-57)108-86(129)72(50-113)112-85(128)70(48-56-25-13-10-14-26-56)110-83(126)68(46-54(7)8)107-81(124)66(44-52(3)4)106-79(122)64(36-37-73(115)116)104-75(118)60(28-16-19-39-91)102-84(127)69(47-55-23-11-9-12-24-55)109-82(125)67(45-53(5)6)105-77(120)62(30-21-41-98-88(94)95)100-74(117)59(93)27-15-18-38-90/h9-14,23-26,32-35,51-54,59-72,113-114H,15-22,27-31,36-50,90-93H2,1-8H3,(H,100,117)(H,101,119)(H,102,127)(H,103,123)(H,104,118)(H,105,120)(H,106,122)(H,107,124)(H,108,129)(H,109,125)(H,110,126)(H,111,121)(H,112,128)(H,115,116)(H,130,131)(H4,94,95,98)(H4,96,97,99)/t59-,60-,61-,62-,63-,64-,65-,66-,67-,68-,69-,70-,71-,72-/m0/s1. The maximum atomic E-state index is 14.9. The smallest absolute Gasteiger partial charge is 0.326 e. The lowest BCUT2D eigenvalue weighted by Crippen LogP contribution is -2.61. The molecule has 3 aromatic rings. The highest BCUT2D eigenvalue weighted by Gasteiger charge is 2.39. The lowest BCUT2D eigenvalue weighted by molar-refractivity contribution is -0.142. The molecule has 13 amide bonds. The summed E-state index contributed by atoms with van der Waals surface area (Å²) in [7, 11) is 0. The van der Waals surface area contributed by atoms with Gasteiger partial charge in [0, 0.05) is 38.8 Å². The van der Waals surface area contributed by atoms with Crippen molar-refractivity contribution in [1.29, 1.82) is 10.8 Å². The number of amides is 13. The molecule has 0 unspecified atom stereocenters. The Labute approximate surface area is 766 Å². The lowest BCUT2D eigenvalue weighted by Gasteiger charge is -2.29. The molecule has 3 aromatic carbocycles. The normalized spacial score (nSPS) is 14.5. The second-order valence-electron chi connectivity index (χ2n) is 34.4. The first-order chi connectivity index (χ1) is 62.1. The average molecular weight is 1840 g/mol. The van der Waals surface area contributed by atoms with E-state index in [1.54, 1.807) is 116 Å². The second-order valence-corrected chi connectivity index (χ2v) is 34.4. The molecule has 0 aliphatic rings. The first-order valence-corrected chi connectivity index (χ1v) is 45.0. The highest BCUT2D eigenvalue weighted by molar-refractivity contribution is 6.00. The fourth-order valence-electron chi connectivity index (χ4n) is 14.0. The summed E-state index contributed by atoms with van der Waals surface area (Å²) in [5, 5.41) is 95.7. The molecule has 0 saturated carbocycles. The Morgan fingerprint density at radius 2 is 0.565 bits per heavy atom. The topological polar surface area (TPSA) is 721 Å². The molecule has 0 fully saturated rings. The third kappa shape index (κ3) is 45.8. The van der Waals surface area contributed by atoms with Crippen molar-refractivity contribution in [2.75, 3.05) is 39.3 Å². The molecule has 0 aliphatic carbocycles. The van der Waals surface area contributed by atoms with Crippen molar-refractivity contribution < 1.29 is 92.3 Å². The molecule has 0 saturated heterocycles. The Morgan fingerprint density at radius 1 is 0.313 bits per heavy atom. The number of hydrogen-bond acceptors (Lipinski definition) is 23. The number of rotatable bonds is 65. The number of unbranched alkanes of at least 4 members (excludes halogenated alkanes) is 3. The van der Waals surface area contributed by atoms with Crippen LogP contribution in [0.25, 0.3) is 0 Å². The predicted octanol–water partition coefficient (Wildman–Crippen LogP) is -1.91. The number of aliphatic hydroxyl groups excluding tert-OH is 1. The molecule has 3 rings (SSSR count). The Kier molecular flexibility index (Phi) is 53.0. The quantitative estimate of drug-likeness (QED) is 0.0167. The van der Waals surface area contributed by atoms with Gasteiger partial charge in [0.25, 0.3) is 0 Å². The van der Waals surface area contributed by atoms with Gasteiger partial charge in [0.05, 0.1) is 12.6 Å². The van der Waals surface area contributed by atoms with Crippen LogP contribution in [0.2, 0.25) is 0 Å². The van der Waals surface area contributed by atoms with E-state index in [0.29, 0.717) is 55.3 Å². The number of phenols is 1. The number of carbonyl (C=O) groups excluding carboxylic acids is 13. The number of hydrogen-bond donors (Lipinski definition) is 27. The van der Waals surface area contributed by atoms with Crippen LogP contribution in [0.1, 0.15) is 194 Å². The van der Waals surface area contributed by atoms with Crippen LogP contribution in [0.3, 0.4) is 0 Å². The molecule has 0 heterocycles. The number of aliphatic carboxylic acids is 2. The fraction of sp³-hybridized carbons (Fsp3) is 0.607. The van der Waals surface area contributed by atoms with Gasteiger partial charge in [-0.25, -0.2) is 4.79 Å². The van der Waals surface area contributed by atoms with Crippen LogP contribution in [-0.4, -0.2) is 245 Å². The number of phenolic OH excluding ortho intramolecular Hbond substituents is 1. The van der Waals surface area contributed by atoms with Crippen LogP contribution < -0.4 is 114 Å².